The van der Waals surface area contributed by atoms with E-state index in [1.807, 2.05) is 4.90 Å². The SMILES string of the molecule is COc1cc(OC)cc(C(=O)N2CCCN(CC3CCCCC3)CC2)c1. The number of rotatable bonds is 5. The van der Waals surface area contributed by atoms with Gasteiger partial charge < -0.3 is 19.3 Å². The lowest BCUT2D eigenvalue weighted by Gasteiger charge is -2.28. The summed E-state index contributed by atoms with van der Waals surface area (Å²) >= 11 is 0. The van der Waals surface area contributed by atoms with Crippen molar-refractivity contribution in [1.82, 2.24) is 9.80 Å². The van der Waals surface area contributed by atoms with E-state index in [4.69, 9.17) is 9.47 Å². The smallest absolute Gasteiger partial charge is 0.254 e. The van der Waals surface area contributed by atoms with E-state index < -0.39 is 0 Å². The Kier molecular flexibility index (Phi) is 6.78. The Bertz CT molecular complexity index is 577. The van der Waals surface area contributed by atoms with Crippen LogP contribution in [0, 0.1) is 5.92 Å². The molecule has 0 bridgehead atoms. The quantitative estimate of drug-likeness (QED) is 0.807. The molecule has 5 heteroatoms. The normalized spacial score (nSPS) is 19.8. The molecule has 1 aliphatic carbocycles. The van der Waals surface area contributed by atoms with Gasteiger partial charge in [0.25, 0.3) is 5.91 Å². The highest BCUT2D eigenvalue weighted by atomic mass is 16.5. The van der Waals surface area contributed by atoms with Crippen LogP contribution in [0.3, 0.4) is 0 Å². The average Bonchev–Trinajstić information content (AvgIpc) is 2.93. The van der Waals surface area contributed by atoms with Gasteiger partial charge in [0.2, 0.25) is 0 Å². The number of carbonyl (C=O) groups is 1. The lowest BCUT2D eigenvalue weighted by atomic mass is 9.89. The fourth-order valence-electron chi connectivity index (χ4n) is 4.20. The first-order chi connectivity index (χ1) is 12.7. The van der Waals surface area contributed by atoms with E-state index in [2.05, 4.69) is 4.90 Å². The summed E-state index contributed by atoms with van der Waals surface area (Å²) in [5.74, 6) is 2.23. The minimum atomic E-state index is 0.0710. The number of amides is 1. The zero-order valence-corrected chi connectivity index (χ0v) is 16.2. The van der Waals surface area contributed by atoms with E-state index in [0.717, 1.165) is 38.5 Å². The van der Waals surface area contributed by atoms with E-state index in [-0.39, 0.29) is 5.91 Å². The van der Waals surface area contributed by atoms with Gasteiger partial charge in [0.15, 0.2) is 0 Å². The van der Waals surface area contributed by atoms with Gasteiger partial charge in [-0.15, -0.1) is 0 Å². The third kappa shape index (κ3) is 4.91. The van der Waals surface area contributed by atoms with Gasteiger partial charge in [-0.1, -0.05) is 19.3 Å². The standard InChI is InChI=1S/C21H32N2O3/c1-25-19-13-18(14-20(15-19)26-2)21(24)23-10-6-9-22(11-12-23)16-17-7-4-3-5-8-17/h13-15,17H,3-12,16H2,1-2H3. The summed E-state index contributed by atoms with van der Waals surface area (Å²) in [4.78, 5) is 17.5. The van der Waals surface area contributed by atoms with Gasteiger partial charge in [0.05, 0.1) is 14.2 Å². The number of nitrogens with zero attached hydrogens (tertiary/aromatic N) is 2. The van der Waals surface area contributed by atoms with E-state index in [0.29, 0.717) is 17.1 Å². The largest absolute Gasteiger partial charge is 0.497 e. The van der Waals surface area contributed by atoms with Crippen molar-refractivity contribution in [3.05, 3.63) is 23.8 Å². The molecule has 2 aliphatic rings. The van der Waals surface area contributed by atoms with Crippen LogP contribution in [-0.4, -0.2) is 62.7 Å². The lowest BCUT2D eigenvalue weighted by Crippen LogP contribution is -2.36. The molecule has 1 saturated carbocycles. The van der Waals surface area contributed by atoms with E-state index in [1.165, 1.54) is 38.6 Å². The van der Waals surface area contributed by atoms with Crippen molar-refractivity contribution in [3.8, 4) is 11.5 Å². The van der Waals surface area contributed by atoms with E-state index in [9.17, 15) is 4.79 Å². The van der Waals surface area contributed by atoms with Crippen LogP contribution in [-0.2, 0) is 0 Å². The third-order valence-corrected chi connectivity index (χ3v) is 5.72. The zero-order chi connectivity index (χ0) is 18.4. The average molecular weight is 360 g/mol. The maximum atomic E-state index is 13.0. The number of benzene rings is 1. The highest BCUT2D eigenvalue weighted by molar-refractivity contribution is 5.95. The molecule has 0 spiro atoms. The van der Waals surface area contributed by atoms with Gasteiger partial charge >= 0.3 is 0 Å². The molecule has 26 heavy (non-hydrogen) atoms. The Morgan fingerprint density at radius 2 is 1.62 bits per heavy atom. The summed E-state index contributed by atoms with van der Waals surface area (Å²) in [6.07, 6.45) is 7.98. The minimum absolute atomic E-state index is 0.0710. The van der Waals surface area contributed by atoms with Crippen molar-refractivity contribution in [2.45, 2.75) is 38.5 Å². The topological polar surface area (TPSA) is 42.0 Å². The Morgan fingerprint density at radius 1 is 0.923 bits per heavy atom. The molecule has 0 atom stereocenters. The van der Waals surface area contributed by atoms with Crippen molar-refractivity contribution < 1.29 is 14.3 Å². The maximum absolute atomic E-state index is 13.0. The second-order valence-corrected chi connectivity index (χ2v) is 7.55. The van der Waals surface area contributed by atoms with Crippen molar-refractivity contribution in [2.75, 3.05) is 46.9 Å². The molecule has 2 fully saturated rings. The van der Waals surface area contributed by atoms with E-state index >= 15 is 0 Å². The third-order valence-electron chi connectivity index (χ3n) is 5.72. The summed E-state index contributed by atoms with van der Waals surface area (Å²) in [5.41, 5.74) is 0.641. The first-order valence-corrected chi connectivity index (χ1v) is 9.94. The molecule has 1 aliphatic heterocycles. The lowest BCUT2D eigenvalue weighted by molar-refractivity contribution is 0.0759. The van der Waals surface area contributed by atoms with E-state index in [1.54, 1.807) is 32.4 Å². The summed E-state index contributed by atoms with van der Waals surface area (Å²) < 4.78 is 10.6. The molecule has 3 rings (SSSR count). The molecular weight excluding hydrogens is 328 g/mol. The van der Waals surface area contributed by atoms with Gasteiger partial charge in [0, 0.05) is 37.8 Å². The zero-order valence-electron chi connectivity index (χ0n) is 16.2. The number of methoxy groups -OCH3 is 2. The molecule has 1 saturated heterocycles. The molecular formula is C21H32N2O3. The molecule has 1 amide bonds. The van der Waals surface area contributed by atoms with Crippen molar-refractivity contribution in [1.29, 1.82) is 0 Å². The first kappa shape index (κ1) is 19.0. The second-order valence-electron chi connectivity index (χ2n) is 7.55. The van der Waals surface area contributed by atoms with Crippen LogP contribution in [0.5, 0.6) is 11.5 Å². The predicted molar refractivity (Wildman–Crippen MR) is 103 cm³/mol. The Hall–Kier alpha value is -1.75. The summed E-state index contributed by atoms with van der Waals surface area (Å²) in [6.45, 7) is 4.89. The Balaban J connectivity index is 1.60. The Labute approximate surface area is 157 Å². The van der Waals surface area contributed by atoms with Gasteiger partial charge in [-0.2, -0.15) is 0 Å². The fourth-order valence-corrected chi connectivity index (χ4v) is 4.20. The van der Waals surface area contributed by atoms with Gasteiger partial charge in [-0.25, -0.2) is 0 Å². The molecule has 1 heterocycles. The summed E-state index contributed by atoms with van der Waals surface area (Å²) in [6, 6.07) is 5.40. The molecule has 1 aromatic carbocycles. The summed E-state index contributed by atoms with van der Waals surface area (Å²) in [5, 5.41) is 0. The van der Waals surface area contributed by atoms with Gasteiger partial charge in [-0.05, 0) is 43.9 Å². The first-order valence-electron chi connectivity index (χ1n) is 9.94. The molecule has 144 valence electrons. The van der Waals surface area contributed by atoms with Crippen LogP contribution in [0.2, 0.25) is 0 Å². The van der Waals surface area contributed by atoms with Crippen molar-refractivity contribution in [3.63, 3.8) is 0 Å². The molecule has 1 aromatic rings. The van der Waals surface area contributed by atoms with Crippen LogP contribution < -0.4 is 9.47 Å². The molecule has 5 nitrogen and oxygen atoms in total. The number of hydrogen-bond donors (Lipinski definition) is 0. The highest BCUT2D eigenvalue weighted by Crippen LogP contribution is 2.26. The highest BCUT2D eigenvalue weighted by Gasteiger charge is 2.23. The Morgan fingerprint density at radius 3 is 2.27 bits per heavy atom. The van der Waals surface area contributed by atoms with Crippen LogP contribution in [0.25, 0.3) is 0 Å². The van der Waals surface area contributed by atoms with Crippen LogP contribution in [0.4, 0.5) is 0 Å². The van der Waals surface area contributed by atoms with Gasteiger partial charge in [0.1, 0.15) is 11.5 Å². The van der Waals surface area contributed by atoms with Crippen molar-refractivity contribution >= 4 is 5.91 Å². The van der Waals surface area contributed by atoms with Crippen molar-refractivity contribution in [2.24, 2.45) is 5.92 Å². The molecule has 0 unspecified atom stereocenters. The number of ether oxygens (including phenoxy) is 2. The van der Waals surface area contributed by atoms with Gasteiger partial charge in [-0.3, -0.25) is 4.79 Å². The summed E-state index contributed by atoms with van der Waals surface area (Å²) in [7, 11) is 3.22. The molecule has 0 aromatic heterocycles. The monoisotopic (exact) mass is 360 g/mol. The second kappa shape index (κ2) is 9.26. The number of hydrogen-bond acceptors (Lipinski definition) is 4. The minimum Gasteiger partial charge on any atom is -0.497 e. The van der Waals surface area contributed by atoms with Crippen LogP contribution >= 0.6 is 0 Å². The molecule has 0 radical (unpaired) electrons. The number of carbonyl (C=O) groups excluding carboxylic acids is 1. The van der Waals surface area contributed by atoms with Crippen LogP contribution in [0.15, 0.2) is 18.2 Å². The molecule has 0 N–H and O–H groups in total. The van der Waals surface area contributed by atoms with Crippen LogP contribution in [0.1, 0.15) is 48.9 Å². The predicted octanol–water partition coefficient (Wildman–Crippen LogP) is 3.43. The maximum Gasteiger partial charge on any atom is 0.254 e. The fraction of sp³-hybridized carbons (Fsp3) is 0.667.